The summed E-state index contributed by atoms with van der Waals surface area (Å²) in [5.74, 6) is -2.05. The molecule has 1 atom stereocenters. The normalized spacial score (nSPS) is 18.3. The molecule has 1 saturated heterocycles. The minimum absolute atomic E-state index is 0.00780. The summed E-state index contributed by atoms with van der Waals surface area (Å²) >= 11 is 6.79. The van der Waals surface area contributed by atoms with Crippen LogP contribution in [0.25, 0.3) is 10.9 Å². The largest absolute Gasteiger partial charge is 0.477 e. The van der Waals surface area contributed by atoms with Gasteiger partial charge in [0.2, 0.25) is 5.43 Å². The number of pyridine rings is 1. The lowest BCUT2D eigenvalue weighted by Gasteiger charge is -2.27. The van der Waals surface area contributed by atoms with Crippen molar-refractivity contribution in [3.05, 3.63) is 78.8 Å². The number of nitrogens with zero attached hydrogens (tertiary/aromatic N) is 4. The van der Waals surface area contributed by atoms with Crippen molar-refractivity contribution in [1.82, 2.24) is 4.57 Å². The standard InChI is InChI=1S/C26H24ClFN4O5/c27-22-23-19(25(33)20(26(34)35)14-31(23)17-7-8-17)11-21(28)24(22)30-9-2-1-5-16(13-30)29-12-15-4-3-6-18(10-15)32(36)37/h3-4,6,10-12,14,16-17H,1-2,5,7-9,13H2,(H,34,35). The highest BCUT2D eigenvalue weighted by atomic mass is 35.5. The van der Waals surface area contributed by atoms with E-state index in [2.05, 4.69) is 4.99 Å². The van der Waals surface area contributed by atoms with E-state index in [9.17, 15) is 24.8 Å². The van der Waals surface area contributed by atoms with Crippen LogP contribution in [0.15, 0.2) is 46.3 Å². The number of carboxylic acids is 1. The zero-order valence-corrected chi connectivity index (χ0v) is 20.5. The number of nitro benzene ring substituents is 1. The third-order valence-corrected chi connectivity index (χ3v) is 7.19. The summed E-state index contributed by atoms with van der Waals surface area (Å²) in [7, 11) is 0. The van der Waals surface area contributed by atoms with E-state index in [1.165, 1.54) is 18.3 Å². The fraction of sp³-hybridized carbons (Fsp3) is 0.346. The number of nitro groups is 1. The average molecular weight is 527 g/mol. The van der Waals surface area contributed by atoms with Crippen LogP contribution in [0.4, 0.5) is 15.8 Å². The predicted octanol–water partition coefficient (Wildman–Crippen LogP) is 5.21. The van der Waals surface area contributed by atoms with Gasteiger partial charge in [0.05, 0.1) is 32.6 Å². The minimum Gasteiger partial charge on any atom is -0.477 e. The number of hydrogen-bond donors (Lipinski definition) is 1. The minimum atomic E-state index is -1.36. The molecule has 1 aromatic heterocycles. The van der Waals surface area contributed by atoms with Crippen molar-refractivity contribution in [2.24, 2.45) is 4.99 Å². The third-order valence-electron chi connectivity index (χ3n) is 6.83. The van der Waals surface area contributed by atoms with Gasteiger partial charge >= 0.3 is 5.97 Å². The number of anilines is 1. The Hall–Kier alpha value is -3.79. The fourth-order valence-electron chi connectivity index (χ4n) is 4.87. The highest BCUT2D eigenvalue weighted by molar-refractivity contribution is 6.38. The van der Waals surface area contributed by atoms with Crippen LogP contribution in [0, 0.1) is 15.9 Å². The molecule has 192 valence electrons. The second-order valence-corrected chi connectivity index (χ2v) is 9.84. The molecule has 0 bridgehead atoms. The van der Waals surface area contributed by atoms with Crippen LogP contribution >= 0.6 is 11.6 Å². The Balaban J connectivity index is 1.52. The van der Waals surface area contributed by atoms with Crippen LogP contribution in [-0.2, 0) is 0 Å². The van der Waals surface area contributed by atoms with Crippen molar-refractivity contribution in [3.8, 4) is 0 Å². The molecule has 1 N–H and O–H groups in total. The summed E-state index contributed by atoms with van der Waals surface area (Å²) in [5, 5.41) is 20.6. The summed E-state index contributed by atoms with van der Waals surface area (Å²) in [6.45, 7) is 0.903. The van der Waals surface area contributed by atoms with Crippen molar-refractivity contribution in [3.63, 3.8) is 0 Å². The first-order chi connectivity index (χ1) is 17.7. The van der Waals surface area contributed by atoms with E-state index in [-0.39, 0.29) is 33.9 Å². The van der Waals surface area contributed by atoms with Crippen LogP contribution < -0.4 is 10.3 Å². The number of rotatable bonds is 6. The van der Waals surface area contributed by atoms with Crippen LogP contribution in [0.2, 0.25) is 5.02 Å². The number of aromatic nitrogens is 1. The number of benzene rings is 2. The number of halogens is 2. The fourth-order valence-corrected chi connectivity index (χ4v) is 5.28. The third kappa shape index (κ3) is 4.93. The highest BCUT2D eigenvalue weighted by Gasteiger charge is 2.31. The smallest absolute Gasteiger partial charge is 0.341 e. The number of fused-ring (bicyclic) bond motifs is 1. The highest BCUT2D eigenvalue weighted by Crippen LogP contribution is 2.42. The lowest BCUT2D eigenvalue weighted by atomic mass is 10.1. The first kappa shape index (κ1) is 24.9. The molecular weight excluding hydrogens is 503 g/mol. The topological polar surface area (TPSA) is 118 Å². The lowest BCUT2D eigenvalue weighted by molar-refractivity contribution is -0.384. The van der Waals surface area contributed by atoms with Gasteiger partial charge in [0, 0.05) is 43.7 Å². The second-order valence-electron chi connectivity index (χ2n) is 9.46. The Morgan fingerprint density at radius 1 is 1.24 bits per heavy atom. The number of hydrogen-bond acceptors (Lipinski definition) is 6. The molecule has 37 heavy (non-hydrogen) atoms. The molecule has 11 heteroatoms. The summed E-state index contributed by atoms with van der Waals surface area (Å²) in [6.07, 6.45) is 6.93. The number of non-ortho nitro benzene ring substituents is 1. The van der Waals surface area contributed by atoms with Crippen LogP contribution in [0.5, 0.6) is 0 Å². The molecule has 0 spiro atoms. The molecule has 1 saturated carbocycles. The van der Waals surface area contributed by atoms with Crippen molar-refractivity contribution in [2.45, 2.75) is 44.2 Å². The second kappa shape index (κ2) is 9.93. The van der Waals surface area contributed by atoms with Gasteiger partial charge in [0.25, 0.3) is 5.69 Å². The molecule has 3 aromatic rings. The van der Waals surface area contributed by atoms with Gasteiger partial charge in [-0.15, -0.1) is 0 Å². The summed E-state index contributed by atoms with van der Waals surface area (Å²) < 4.78 is 17.2. The molecule has 1 unspecified atom stereocenters. The van der Waals surface area contributed by atoms with E-state index in [0.29, 0.717) is 24.2 Å². The van der Waals surface area contributed by atoms with E-state index >= 15 is 4.39 Å². The van der Waals surface area contributed by atoms with Gasteiger partial charge in [-0.2, -0.15) is 0 Å². The lowest BCUT2D eigenvalue weighted by Crippen LogP contribution is -2.31. The quantitative estimate of drug-likeness (QED) is 0.267. The van der Waals surface area contributed by atoms with E-state index in [1.807, 2.05) is 4.90 Å². The van der Waals surface area contributed by atoms with Gasteiger partial charge in [0.1, 0.15) is 11.4 Å². The number of aromatic carboxylic acids is 1. The van der Waals surface area contributed by atoms with Gasteiger partial charge < -0.3 is 14.6 Å². The van der Waals surface area contributed by atoms with Gasteiger partial charge in [-0.1, -0.05) is 23.7 Å². The van der Waals surface area contributed by atoms with Crippen molar-refractivity contribution in [2.75, 3.05) is 18.0 Å². The van der Waals surface area contributed by atoms with Crippen LogP contribution in [0.3, 0.4) is 0 Å². The Labute approximate surface area is 215 Å². The molecule has 1 aliphatic heterocycles. The van der Waals surface area contributed by atoms with Crippen molar-refractivity contribution < 1.29 is 19.2 Å². The zero-order valence-electron chi connectivity index (χ0n) is 19.8. The van der Waals surface area contributed by atoms with Gasteiger partial charge in [-0.05, 0) is 43.7 Å². The zero-order chi connectivity index (χ0) is 26.3. The Kier molecular flexibility index (Phi) is 6.68. The molecule has 0 radical (unpaired) electrons. The maximum atomic E-state index is 15.5. The Morgan fingerprint density at radius 3 is 2.73 bits per heavy atom. The van der Waals surface area contributed by atoms with Gasteiger partial charge in [0.15, 0.2) is 0 Å². The molecule has 2 aliphatic rings. The van der Waals surface area contributed by atoms with Crippen LogP contribution in [-0.4, -0.2) is 45.9 Å². The molecule has 9 nitrogen and oxygen atoms in total. The maximum absolute atomic E-state index is 15.5. The number of carbonyl (C=O) groups is 1. The first-order valence-electron chi connectivity index (χ1n) is 12.1. The molecular formula is C26H24ClFN4O5. The number of aliphatic imine (C=N–C) groups is 1. The number of carboxylic acid groups (broad SMARTS) is 1. The average Bonchev–Trinajstić information content (AvgIpc) is 3.71. The van der Waals surface area contributed by atoms with Crippen LogP contribution in [0.1, 0.15) is 54.1 Å². The van der Waals surface area contributed by atoms with Crippen molar-refractivity contribution in [1.29, 1.82) is 0 Å². The molecule has 2 fully saturated rings. The summed E-state index contributed by atoms with van der Waals surface area (Å²) in [4.78, 5) is 41.6. The molecule has 1 aliphatic carbocycles. The summed E-state index contributed by atoms with van der Waals surface area (Å²) in [6, 6.07) is 7.08. The maximum Gasteiger partial charge on any atom is 0.341 e. The van der Waals surface area contributed by atoms with Crippen molar-refractivity contribution >= 4 is 46.1 Å². The van der Waals surface area contributed by atoms with E-state index in [4.69, 9.17) is 11.6 Å². The Bertz CT molecular complexity index is 1500. The van der Waals surface area contributed by atoms with E-state index < -0.39 is 27.7 Å². The van der Waals surface area contributed by atoms with E-state index in [1.54, 1.807) is 22.9 Å². The predicted molar refractivity (Wildman–Crippen MR) is 139 cm³/mol. The molecule has 2 heterocycles. The first-order valence-corrected chi connectivity index (χ1v) is 12.4. The Morgan fingerprint density at radius 2 is 2.03 bits per heavy atom. The SMILES string of the molecule is O=C(O)c1cn(C2CC2)c2c(Cl)c(N3CCCCC(N=Cc4cccc([N+](=O)[O-])c4)C3)c(F)cc2c1=O. The van der Waals surface area contributed by atoms with Gasteiger partial charge in [-0.3, -0.25) is 19.9 Å². The molecule has 5 rings (SSSR count). The molecule has 2 aromatic carbocycles. The molecule has 0 amide bonds. The summed E-state index contributed by atoms with van der Waals surface area (Å²) in [5.41, 5.74) is -0.0817. The monoisotopic (exact) mass is 526 g/mol. The van der Waals surface area contributed by atoms with E-state index in [0.717, 1.165) is 38.2 Å². The van der Waals surface area contributed by atoms with Gasteiger partial charge in [-0.25, -0.2) is 9.18 Å².